The van der Waals surface area contributed by atoms with E-state index in [1.807, 2.05) is 18.3 Å². The molecule has 3 heteroatoms. The van der Waals surface area contributed by atoms with Crippen LogP contribution in [0.4, 0.5) is 0 Å². The van der Waals surface area contributed by atoms with Gasteiger partial charge >= 0.3 is 0 Å². The molecule has 1 atom stereocenters. The predicted octanol–water partition coefficient (Wildman–Crippen LogP) is 2.57. The first kappa shape index (κ1) is 10.3. The van der Waals surface area contributed by atoms with Gasteiger partial charge in [0.25, 0.3) is 0 Å². The molecule has 0 unspecified atom stereocenters. The molecule has 0 aliphatic rings. The monoisotopic (exact) mass is 226 g/mol. The van der Waals surface area contributed by atoms with E-state index in [-0.39, 0.29) is 6.10 Å². The first-order chi connectivity index (χ1) is 8.25. The fourth-order valence-electron chi connectivity index (χ4n) is 2.29. The topological polar surface area (TPSA) is 38.0 Å². The first-order valence-electron chi connectivity index (χ1n) is 5.76. The lowest BCUT2D eigenvalue weighted by molar-refractivity contribution is 0.175. The van der Waals surface area contributed by atoms with Gasteiger partial charge in [0, 0.05) is 29.7 Å². The summed E-state index contributed by atoms with van der Waals surface area (Å²) >= 11 is 0. The van der Waals surface area contributed by atoms with Crippen LogP contribution < -0.4 is 0 Å². The minimum Gasteiger partial charge on any atom is -0.392 e. The highest BCUT2D eigenvalue weighted by molar-refractivity contribution is 6.04. The molecular formula is C14H14N2O. The summed E-state index contributed by atoms with van der Waals surface area (Å²) in [5.74, 6) is 0. The van der Waals surface area contributed by atoms with Crippen molar-refractivity contribution < 1.29 is 5.11 Å². The van der Waals surface area contributed by atoms with Gasteiger partial charge in [-0.05, 0) is 31.2 Å². The van der Waals surface area contributed by atoms with E-state index in [2.05, 4.69) is 27.8 Å². The normalized spacial score (nSPS) is 13.3. The summed E-state index contributed by atoms with van der Waals surface area (Å²) in [7, 11) is 0. The highest BCUT2D eigenvalue weighted by Crippen LogP contribution is 2.25. The Hall–Kier alpha value is -1.87. The first-order valence-corrected chi connectivity index (χ1v) is 5.76. The Bertz CT molecular complexity index is 670. The maximum atomic E-state index is 9.52. The smallest absolute Gasteiger partial charge is 0.0723 e. The van der Waals surface area contributed by atoms with E-state index < -0.39 is 0 Å². The van der Waals surface area contributed by atoms with Crippen LogP contribution in [0.2, 0.25) is 0 Å². The summed E-state index contributed by atoms with van der Waals surface area (Å²) in [6.07, 6.45) is 3.47. The molecule has 1 aromatic carbocycles. The molecule has 86 valence electrons. The molecule has 1 N–H and O–H groups in total. The van der Waals surface area contributed by atoms with Crippen LogP contribution in [0.25, 0.3) is 21.8 Å². The van der Waals surface area contributed by atoms with Gasteiger partial charge in [0.1, 0.15) is 0 Å². The second-order valence-corrected chi connectivity index (χ2v) is 4.39. The molecule has 2 heterocycles. The largest absolute Gasteiger partial charge is 0.392 e. The van der Waals surface area contributed by atoms with E-state index in [4.69, 9.17) is 0 Å². The molecule has 0 aliphatic heterocycles. The highest BCUT2D eigenvalue weighted by atomic mass is 16.3. The van der Waals surface area contributed by atoms with Crippen LogP contribution in [0.3, 0.4) is 0 Å². The molecule has 2 aromatic heterocycles. The van der Waals surface area contributed by atoms with Crippen LogP contribution >= 0.6 is 0 Å². The third-order valence-electron chi connectivity index (χ3n) is 2.97. The van der Waals surface area contributed by atoms with E-state index in [0.717, 1.165) is 16.4 Å². The average molecular weight is 226 g/mol. The van der Waals surface area contributed by atoms with Gasteiger partial charge in [0.05, 0.1) is 17.1 Å². The molecule has 0 radical (unpaired) electrons. The second kappa shape index (κ2) is 3.86. The molecule has 0 fully saturated rings. The SMILES string of the molecule is C[C@H](O)Cn1ccc2ccc3ncccc3c21. The molecular weight excluding hydrogens is 212 g/mol. The standard InChI is InChI=1S/C14H14N2O/c1-10(17)9-16-8-6-11-4-5-13-12(14(11)16)3-2-7-15-13/h2-8,10,17H,9H2,1H3/t10-/m0/s1. The van der Waals surface area contributed by atoms with Gasteiger partial charge in [-0.3, -0.25) is 4.98 Å². The van der Waals surface area contributed by atoms with Crippen LogP contribution in [0.1, 0.15) is 6.92 Å². The van der Waals surface area contributed by atoms with Crippen LogP contribution in [-0.2, 0) is 6.54 Å². The zero-order chi connectivity index (χ0) is 11.8. The van der Waals surface area contributed by atoms with Gasteiger partial charge in [-0.2, -0.15) is 0 Å². The van der Waals surface area contributed by atoms with Gasteiger partial charge in [-0.15, -0.1) is 0 Å². The van der Waals surface area contributed by atoms with E-state index in [0.29, 0.717) is 6.54 Å². The lowest BCUT2D eigenvalue weighted by Crippen LogP contribution is -2.10. The fraction of sp³-hybridized carbons (Fsp3) is 0.214. The Morgan fingerprint density at radius 3 is 3.00 bits per heavy atom. The minimum absolute atomic E-state index is 0.350. The summed E-state index contributed by atoms with van der Waals surface area (Å²) in [5, 5.41) is 11.8. The maximum absolute atomic E-state index is 9.52. The number of benzene rings is 1. The third kappa shape index (κ3) is 1.68. The molecule has 0 saturated carbocycles. The second-order valence-electron chi connectivity index (χ2n) is 4.39. The van der Waals surface area contributed by atoms with Gasteiger partial charge in [0.15, 0.2) is 0 Å². The van der Waals surface area contributed by atoms with Crippen molar-refractivity contribution in [3.63, 3.8) is 0 Å². The van der Waals surface area contributed by atoms with Crippen LogP contribution in [0.5, 0.6) is 0 Å². The number of fused-ring (bicyclic) bond motifs is 3. The number of aromatic nitrogens is 2. The summed E-state index contributed by atoms with van der Waals surface area (Å²) in [4.78, 5) is 4.36. The minimum atomic E-state index is -0.350. The molecule has 3 nitrogen and oxygen atoms in total. The Morgan fingerprint density at radius 2 is 2.18 bits per heavy atom. The van der Waals surface area contributed by atoms with Crippen molar-refractivity contribution in [2.75, 3.05) is 0 Å². The number of rotatable bonds is 2. The molecule has 0 bridgehead atoms. The van der Waals surface area contributed by atoms with Crippen LogP contribution in [-0.4, -0.2) is 20.8 Å². The van der Waals surface area contributed by atoms with Crippen molar-refractivity contribution in [2.24, 2.45) is 0 Å². The van der Waals surface area contributed by atoms with Crippen LogP contribution in [0, 0.1) is 0 Å². The van der Waals surface area contributed by atoms with Crippen molar-refractivity contribution in [3.8, 4) is 0 Å². The van der Waals surface area contributed by atoms with Crippen LogP contribution in [0.15, 0.2) is 42.7 Å². The zero-order valence-corrected chi connectivity index (χ0v) is 9.67. The number of aliphatic hydroxyl groups is 1. The number of hydrogen-bond donors (Lipinski definition) is 1. The summed E-state index contributed by atoms with van der Waals surface area (Å²) in [6.45, 7) is 2.41. The van der Waals surface area contributed by atoms with Gasteiger partial charge in [-0.25, -0.2) is 0 Å². The van der Waals surface area contributed by atoms with Gasteiger partial charge < -0.3 is 9.67 Å². The van der Waals surface area contributed by atoms with Gasteiger partial charge in [-0.1, -0.05) is 6.07 Å². The average Bonchev–Trinajstić information content (AvgIpc) is 2.72. The lowest BCUT2D eigenvalue weighted by Gasteiger charge is -2.09. The lowest BCUT2D eigenvalue weighted by atomic mass is 10.1. The van der Waals surface area contributed by atoms with Crippen molar-refractivity contribution in [1.29, 1.82) is 0 Å². The number of nitrogens with zero attached hydrogens (tertiary/aromatic N) is 2. The number of hydrogen-bond acceptors (Lipinski definition) is 2. The molecule has 3 rings (SSSR count). The highest BCUT2D eigenvalue weighted by Gasteiger charge is 2.07. The number of pyridine rings is 1. The Morgan fingerprint density at radius 1 is 1.29 bits per heavy atom. The molecule has 0 amide bonds. The van der Waals surface area contributed by atoms with Crippen molar-refractivity contribution in [3.05, 3.63) is 42.7 Å². The molecule has 0 spiro atoms. The quantitative estimate of drug-likeness (QED) is 0.729. The van der Waals surface area contributed by atoms with E-state index in [9.17, 15) is 5.11 Å². The molecule has 17 heavy (non-hydrogen) atoms. The zero-order valence-electron chi connectivity index (χ0n) is 9.67. The van der Waals surface area contributed by atoms with E-state index in [1.54, 1.807) is 13.1 Å². The van der Waals surface area contributed by atoms with Crippen molar-refractivity contribution in [1.82, 2.24) is 9.55 Å². The summed E-state index contributed by atoms with van der Waals surface area (Å²) in [5.41, 5.74) is 2.14. The fourth-order valence-corrected chi connectivity index (χ4v) is 2.29. The van der Waals surface area contributed by atoms with E-state index >= 15 is 0 Å². The van der Waals surface area contributed by atoms with E-state index in [1.165, 1.54) is 5.39 Å². The maximum Gasteiger partial charge on any atom is 0.0723 e. The third-order valence-corrected chi connectivity index (χ3v) is 2.97. The Kier molecular flexibility index (Phi) is 2.34. The predicted molar refractivity (Wildman–Crippen MR) is 68.9 cm³/mol. The molecule has 0 saturated heterocycles. The molecule has 0 aliphatic carbocycles. The van der Waals surface area contributed by atoms with Crippen molar-refractivity contribution >= 4 is 21.8 Å². The van der Waals surface area contributed by atoms with Gasteiger partial charge in [0.2, 0.25) is 0 Å². The molecule has 3 aromatic rings. The van der Waals surface area contributed by atoms with Crippen molar-refractivity contribution in [2.45, 2.75) is 19.6 Å². The number of aliphatic hydroxyl groups excluding tert-OH is 1. The summed E-state index contributed by atoms with van der Waals surface area (Å²) < 4.78 is 2.09. The summed E-state index contributed by atoms with van der Waals surface area (Å²) in [6, 6.07) is 10.2. The Balaban J connectivity index is 2.34. The Labute approximate surface area is 99.3 Å².